The molecule has 1 rings (SSSR count). The molecule has 0 saturated heterocycles. The van der Waals surface area contributed by atoms with Gasteiger partial charge in [-0.1, -0.05) is 12.1 Å². The summed E-state index contributed by atoms with van der Waals surface area (Å²) in [6.45, 7) is 1.43. The van der Waals surface area contributed by atoms with E-state index < -0.39 is 5.92 Å². The smallest absolute Gasteiger partial charge is 0.144 e. The van der Waals surface area contributed by atoms with Crippen LogP contribution in [0.25, 0.3) is 0 Å². The molecule has 0 fully saturated rings. The minimum absolute atomic E-state index is 0.123. The fourth-order valence-corrected chi connectivity index (χ4v) is 1.39. The van der Waals surface area contributed by atoms with Gasteiger partial charge >= 0.3 is 0 Å². The average molecular weight is 205 g/mol. The van der Waals surface area contributed by atoms with Crippen molar-refractivity contribution < 1.29 is 9.59 Å². The Balaban J connectivity index is 2.97. The van der Waals surface area contributed by atoms with Gasteiger partial charge in [-0.3, -0.25) is 4.79 Å². The highest BCUT2D eigenvalue weighted by Gasteiger charge is 2.15. The predicted molar refractivity (Wildman–Crippen MR) is 60.3 cm³/mol. The number of carbonyl (C=O) groups is 2. The van der Waals surface area contributed by atoms with Crippen molar-refractivity contribution in [2.24, 2.45) is 0 Å². The van der Waals surface area contributed by atoms with Crippen molar-refractivity contribution in [2.75, 3.05) is 19.0 Å². The number of carbonyl (C=O) groups excluding carboxylic acids is 2. The second-order valence-corrected chi connectivity index (χ2v) is 3.71. The topological polar surface area (TPSA) is 37.4 Å². The molecule has 80 valence electrons. The second-order valence-electron chi connectivity index (χ2n) is 3.71. The first-order chi connectivity index (χ1) is 7.06. The number of hydrogen-bond donors (Lipinski definition) is 0. The lowest BCUT2D eigenvalue weighted by atomic mass is 9.97. The molecule has 3 heteroatoms. The van der Waals surface area contributed by atoms with Gasteiger partial charge in [0.05, 0.1) is 5.92 Å². The van der Waals surface area contributed by atoms with Crippen molar-refractivity contribution in [2.45, 2.75) is 12.8 Å². The summed E-state index contributed by atoms with van der Waals surface area (Å²) in [7, 11) is 3.88. The van der Waals surface area contributed by atoms with Crippen LogP contribution in [0.1, 0.15) is 18.4 Å². The van der Waals surface area contributed by atoms with Gasteiger partial charge in [-0.05, 0) is 24.6 Å². The van der Waals surface area contributed by atoms with E-state index in [1.165, 1.54) is 6.92 Å². The standard InChI is InChI=1S/C12H15NO2/c1-9(15)12(8-14)10-4-6-11(7-5-10)13(2)3/h4-8,12H,1-3H3. The molecular formula is C12H15NO2. The first kappa shape index (κ1) is 11.4. The number of ketones is 1. The summed E-state index contributed by atoms with van der Waals surface area (Å²) in [4.78, 5) is 23.9. The third kappa shape index (κ3) is 2.65. The van der Waals surface area contributed by atoms with Crippen LogP contribution in [0.15, 0.2) is 24.3 Å². The Morgan fingerprint density at radius 2 is 1.80 bits per heavy atom. The van der Waals surface area contributed by atoms with Crippen molar-refractivity contribution in [1.82, 2.24) is 0 Å². The van der Waals surface area contributed by atoms with Crippen LogP contribution in [-0.4, -0.2) is 26.2 Å². The molecule has 0 heterocycles. The maximum absolute atomic E-state index is 11.2. The van der Waals surface area contributed by atoms with Gasteiger partial charge < -0.3 is 9.69 Å². The number of nitrogens with zero attached hydrogens (tertiary/aromatic N) is 1. The summed E-state index contributed by atoms with van der Waals surface area (Å²) in [5.41, 5.74) is 1.80. The van der Waals surface area contributed by atoms with E-state index in [1.54, 1.807) is 0 Å². The third-order valence-electron chi connectivity index (χ3n) is 2.34. The number of benzene rings is 1. The fraction of sp³-hybridized carbons (Fsp3) is 0.333. The molecule has 0 aromatic heterocycles. The van der Waals surface area contributed by atoms with Gasteiger partial charge in [-0.25, -0.2) is 0 Å². The third-order valence-corrected chi connectivity index (χ3v) is 2.34. The van der Waals surface area contributed by atoms with Crippen molar-refractivity contribution in [3.63, 3.8) is 0 Å². The average Bonchev–Trinajstić information content (AvgIpc) is 2.19. The normalized spacial score (nSPS) is 11.9. The summed E-state index contributed by atoms with van der Waals surface area (Å²) >= 11 is 0. The molecule has 0 aliphatic heterocycles. The maximum Gasteiger partial charge on any atom is 0.144 e. The van der Waals surface area contributed by atoms with Gasteiger partial charge in [-0.2, -0.15) is 0 Å². The van der Waals surface area contributed by atoms with E-state index in [0.717, 1.165) is 11.3 Å². The van der Waals surface area contributed by atoms with Gasteiger partial charge in [0, 0.05) is 19.8 Å². The molecule has 1 unspecified atom stereocenters. The molecule has 0 N–H and O–H groups in total. The number of anilines is 1. The number of rotatable bonds is 4. The molecule has 0 spiro atoms. The Kier molecular flexibility index (Phi) is 3.61. The van der Waals surface area contributed by atoms with Crippen LogP contribution in [0.4, 0.5) is 5.69 Å². The first-order valence-corrected chi connectivity index (χ1v) is 4.79. The molecule has 0 saturated carbocycles. The SMILES string of the molecule is CC(=O)C(C=O)c1ccc(N(C)C)cc1. The Labute approximate surface area is 89.7 Å². The van der Waals surface area contributed by atoms with Gasteiger partial charge in [0.2, 0.25) is 0 Å². The molecule has 0 bridgehead atoms. The zero-order chi connectivity index (χ0) is 11.4. The summed E-state index contributed by atoms with van der Waals surface area (Å²) in [6, 6.07) is 7.43. The van der Waals surface area contributed by atoms with Gasteiger partial charge in [0.15, 0.2) is 0 Å². The Morgan fingerprint density at radius 3 is 2.13 bits per heavy atom. The van der Waals surface area contributed by atoms with Crippen LogP contribution < -0.4 is 4.90 Å². The van der Waals surface area contributed by atoms with E-state index in [1.807, 2.05) is 43.3 Å². The van der Waals surface area contributed by atoms with E-state index in [0.29, 0.717) is 6.29 Å². The highest BCUT2D eigenvalue weighted by atomic mass is 16.1. The van der Waals surface area contributed by atoms with Crippen LogP contribution in [0.5, 0.6) is 0 Å². The van der Waals surface area contributed by atoms with Crippen molar-refractivity contribution >= 4 is 17.8 Å². The molecule has 0 radical (unpaired) electrons. The predicted octanol–water partition coefficient (Wildman–Crippen LogP) is 1.62. The maximum atomic E-state index is 11.2. The number of hydrogen-bond acceptors (Lipinski definition) is 3. The van der Waals surface area contributed by atoms with E-state index >= 15 is 0 Å². The summed E-state index contributed by atoms with van der Waals surface area (Å²) in [5, 5.41) is 0. The van der Waals surface area contributed by atoms with Gasteiger partial charge in [0.25, 0.3) is 0 Å². The molecule has 1 aromatic rings. The molecule has 15 heavy (non-hydrogen) atoms. The summed E-state index contributed by atoms with van der Waals surface area (Å²) < 4.78 is 0. The molecule has 3 nitrogen and oxygen atoms in total. The Morgan fingerprint density at radius 1 is 1.27 bits per heavy atom. The van der Waals surface area contributed by atoms with Crippen molar-refractivity contribution in [3.05, 3.63) is 29.8 Å². The van der Waals surface area contributed by atoms with Crippen LogP contribution in [-0.2, 0) is 9.59 Å². The minimum atomic E-state index is -0.624. The zero-order valence-electron chi connectivity index (χ0n) is 9.23. The fourth-order valence-electron chi connectivity index (χ4n) is 1.39. The zero-order valence-corrected chi connectivity index (χ0v) is 9.23. The molecule has 0 aliphatic carbocycles. The Hall–Kier alpha value is -1.64. The molecular weight excluding hydrogens is 190 g/mol. The van der Waals surface area contributed by atoms with E-state index in [2.05, 4.69) is 0 Å². The molecule has 0 aliphatic rings. The number of aldehydes is 1. The lowest BCUT2D eigenvalue weighted by Crippen LogP contribution is -2.11. The van der Waals surface area contributed by atoms with Crippen LogP contribution in [0, 0.1) is 0 Å². The van der Waals surface area contributed by atoms with Gasteiger partial charge in [0.1, 0.15) is 12.1 Å². The lowest BCUT2D eigenvalue weighted by Gasteiger charge is -2.13. The lowest BCUT2D eigenvalue weighted by molar-refractivity contribution is -0.122. The molecule has 1 atom stereocenters. The van der Waals surface area contributed by atoms with Gasteiger partial charge in [-0.15, -0.1) is 0 Å². The van der Waals surface area contributed by atoms with E-state index in [-0.39, 0.29) is 5.78 Å². The van der Waals surface area contributed by atoms with Crippen LogP contribution in [0.3, 0.4) is 0 Å². The van der Waals surface area contributed by atoms with Crippen LogP contribution >= 0.6 is 0 Å². The summed E-state index contributed by atoms with van der Waals surface area (Å²) in [6.07, 6.45) is 0.688. The molecule has 0 amide bonds. The number of Topliss-reactive ketones (excluding diaryl/α,β-unsaturated/α-hetero) is 1. The molecule has 1 aromatic carbocycles. The second kappa shape index (κ2) is 4.73. The van der Waals surface area contributed by atoms with Crippen molar-refractivity contribution in [3.8, 4) is 0 Å². The largest absolute Gasteiger partial charge is 0.378 e. The first-order valence-electron chi connectivity index (χ1n) is 4.79. The highest BCUT2D eigenvalue weighted by molar-refractivity contribution is 5.97. The van der Waals surface area contributed by atoms with Crippen molar-refractivity contribution in [1.29, 1.82) is 0 Å². The van der Waals surface area contributed by atoms with E-state index in [9.17, 15) is 9.59 Å². The summed E-state index contributed by atoms with van der Waals surface area (Å²) in [5.74, 6) is -0.746. The highest BCUT2D eigenvalue weighted by Crippen LogP contribution is 2.18. The minimum Gasteiger partial charge on any atom is -0.378 e. The quantitative estimate of drug-likeness (QED) is 0.553. The van der Waals surface area contributed by atoms with E-state index in [4.69, 9.17) is 0 Å². The van der Waals surface area contributed by atoms with Crippen LogP contribution in [0.2, 0.25) is 0 Å². The Bertz CT molecular complexity index is 354. The monoisotopic (exact) mass is 205 g/mol.